The van der Waals surface area contributed by atoms with Gasteiger partial charge in [-0.15, -0.1) is 0 Å². The monoisotopic (exact) mass is 405 g/mol. The number of piperazine rings is 1. The van der Waals surface area contributed by atoms with Crippen molar-refractivity contribution in [3.63, 3.8) is 0 Å². The van der Waals surface area contributed by atoms with Crippen molar-refractivity contribution in [2.45, 2.75) is 6.54 Å². The predicted molar refractivity (Wildman–Crippen MR) is 118 cm³/mol. The smallest absolute Gasteiger partial charge is 0.267 e. The molecule has 2 N–H and O–H groups in total. The number of hydrogen-bond donors (Lipinski definition) is 2. The first-order valence-electron chi connectivity index (χ1n) is 9.98. The van der Waals surface area contributed by atoms with Crippen LogP contribution in [0.5, 0.6) is 0 Å². The van der Waals surface area contributed by atoms with Gasteiger partial charge < -0.3 is 4.90 Å². The fraction of sp³-hybridized carbons (Fsp3) is 0.250. The summed E-state index contributed by atoms with van der Waals surface area (Å²) in [5, 5.41) is 8.55. The van der Waals surface area contributed by atoms with Crippen LogP contribution in [0, 0.1) is 0 Å². The number of likely N-dealkylation sites (N-methyl/N-ethyl adjacent to an activating group) is 1. The molecule has 0 radical (unpaired) electrons. The van der Waals surface area contributed by atoms with E-state index in [1.165, 1.54) is 6.08 Å². The maximum atomic E-state index is 12.9. The summed E-state index contributed by atoms with van der Waals surface area (Å²) in [5.41, 5.74) is 4.97. The summed E-state index contributed by atoms with van der Waals surface area (Å²) < 4.78 is 0. The van der Waals surface area contributed by atoms with Crippen molar-refractivity contribution in [3.8, 4) is 0 Å². The summed E-state index contributed by atoms with van der Waals surface area (Å²) in [6.45, 7) is 4.87. The van der Waals surface area contributed by atoms with Crippen molar-refractivity contribution in [3.05, 3.63) is 82.9 Å². The van der Waals surface area contributed by atoms with Crippen LogP contribution in [0.25, 0.3) is 12.2 Å². The van der Waals surface area contributed by atoms with Gasteiger partial charge in [-0.05, 0) is 42.0 Å². The largest absolute Gasteiger partial charge is 0.304 e. The lowest BCUT2D eigenvalue weighted by molar-refractivity contribution is -0.124. The molecular weight excluding hydrogens is 378 g/mol. The minimum absolute atomic E-state index is 0.0275. The Bertz CT molecular complexity index is 944. The first kappa shape index (κ1) is 21.6. The third kappa shape index (κ3) is 6.22. The van der Waals surface area contributed by atoms with E-state index < -0.39 is 5.91 Å². The molecule has 30 heavy (non-hydrogen) atoms. The Morgan fingerprint density at radius 1 is 0.967 bits per heavy atom. The third-order valence-electron chi connectivity index (χ3n) is 5.15. The van der Waals surface area contributed by atoms with Gasteiger partial charge in [-0.25, -0.2) is 5.48 Å². The molecule has 0 unspecified atom stereocenters. The van der Waals surface area contributed by atoms with Gasteiger partial charge >= 0.3 is 0 Å². The zero-order chi connectivity index (χ0) is 21.3. The van der Waals surface area contributed by atoms with E-state index in [1.807, 2.05) is 48.5 Å². The quantitative estimate of drug-likeness (QED) is 0.321. The number of amides is 1. The molecule has 1 amide bonds. The number of hydrogen-bond acceptors (Lipinski definition) is 5. The minimum atomic E-state index is -0.594. The Kier molecular flexibility index (Phi) is 7.68. The van der Waals surface area contributed by atoms with Crippen LogP contribution in [0.1, 0.15) is 27.0 Å². The molecule has 2 aromatic rings. The van der Waals surface area contributed by atoms with Crippen LogP contribution < -0.4 is 5.48 Å². The topological polar surface area (TPSA) is 72.9 Å². The Morgan fingerprint density at radius 3 is 2.33 bits per heavy atom. The van der Waals surface area contributed by atoms with Crippen LogP contribution in [0.4, 0.5) is 0 Å². The first-order chi connectivity index (χ1) is 14.5. The van der Waals surface area contributed by atoms with Crippen LogP contribution in [0.15, 0.2) is 60.7 Å². The van der Waals surface area contributed by atoms with E-state index in [-0.39, 0.29) is 5.78 Å². The summed E-state index contributed by atoms with van der Waals surface area (Å²) in [4.78, 5) is 28.7. The number of carbonyl (C=O) groups is 2. The molecule has 3 rings (SSSR count). The average Bonchev–Trinajstić information content (AvgIpc) is 2.78. The number of hydroxylamine groups is 1. The fourth-order valence-corrected chi connectivity index (χ4v) is 3.38. The summed E-state index contributed by atoms with van der Waals surface area (Å²) >= 11 is 0. The van der Waals surface area contributed by atoms with Crippen LogP contribution >= 0.6 is 0 Å². The molecule has 6 heteroatoms. The highest BCUT2D eigenvalue weighted by molar-refractivity contribution is 6.07. The third-order valence-corrected chi connectivity index (χ3v) is 5.15. The van der Waals surface area contributed by atoms with Crippen LogP contribution in [-0.2, 0) is 11.3 Å². The number of rotatable bonds is 7. The maximum absolute atomic E-state index is 12.9. The van der Waals surface area contributed by atoms with Gasteiger partial charge in [-0.3, -0.25) is 19.7 Å². The second kappa shape index (κ2) is 10.6. The van der Waals surface area contributed by atoms with Gasteiger partial charge in [0.25, 0.3) is 5.91 Å². The van der Waals surface area contributed by atoms with Gasteiger partial charge in [0.05, 0.1) is 0 Å². The number of allylic oxidation sites excluding steroid dienone is 1. The minimum Gasteiger partial charge on any atom is -0.304 e. The normalized spacial score (nSPS) is 15.7. The highest BCUT2D eigenvalue weighted by Gasteiger charge is 2.16. The van der Waals surface area contributed by atoms with E-state index in [0.717, 1.165) is 55.0 Å². The molecule has 0 spiro atoms. The molecule has 156 valence electrons. The molecule has 0 aliphatic carbocycles. The highest BCUT2D eigenvalue weighted by atomic mass is 16.5. The van der Waals surface area contributed by atoms with Crippen molar-refractivity contribution in [1.82, 2.24) is 15.3 Å². The van der Waals surface area contributed by atoms with Gasteiger partial charge in [0, 0.05) is 44.4 Å². The molecule has 0 atom stereocenters. The van der Waals surface area contributed by atoms with E-state index in [9.17, 15) is 9.59 Å². The summed E-state index contributed by atoms with van der Waals surface area (Å²) in [6, 6.07) is 15.2. The molecular formula is C24H27N3O3. The molecule has 0 saturated carbocycles. The zero-order valence-electron chi connectivity index (χ0n) is 17.1. The average molecular weight is 405 g/mol. The molecule has 1 heterocycles. The fourth-order valence-electron chi connectivity index (χ4n) is 3.38. The lowest BCUT2D eigenvalue weighted by atomic mass is 10.0. The number of carbonyl (C=O) groups excluding carboxylic acids is 2. The Labute approximate surface area is 177 Å². The van der Waals surface area contributed by atoms with E-state index in [0.29, 0.717) is 0 Å². The molecule has 1 aliphatic heterocycles. The number of nitrogens with zero attached hydrogens (tertiary/aromatic N) is 2. The second-order valence-corrected chi connectivity index (χ2v) is 7.41. The summed E-state index contributed by atoms with van der Waals surface area (Å²) in [7, 11) is 2.13. The predicted octanol–water partition coefficient (Wildman–Crippen LogP) is 2.85. The second-order valence-electron chi connectivity index (χ2n) is 7.41. The molecule has 0 bridgehead atoms. The van der Waals surface area contributed by atoms with Crippen molar-refractivity contribution < 1.29 is 14.8 Å². The Balaban J connectivity index is 1.70. The van der Waals surface area contributed by atoms with Gasteiger partial charge in [-0.1, -0.05) is 48.5 Å². The lowest BCUT2D eigenvalue weighted by Gasteiger charge is -2.32. The van der Waals surface area contributed by atoms with E-state index >= 15 is 0 Å². The van der Waals surface area contributed by atoms with Gasteiger partial charge in [0.1, 0.15) is 0 Å². The highest BCUT2D eigenvalue weighted by Crippen LogP contribution is 2.16. The Morgan fingerprint density at radius 2 is 1.63 bits per heavy atom. The maximum Gasteiger partial charge on any atom is 0.267 e. The van der Waals surface area contributed by atoms with Crippen molar-refractivity contribution in [2.24, 2.45) is 0 Å². The van der Waals surface area contributed by atoms with Crippen LogP contribution in [0.3, 0.4) is 0 Å². The molecule has 6 nitrogen and oxygen atoms in total. The molecule has 1 aliphatic rings. The molecule has 2 aromatic carbocycles. The van der Waals surface area contributed by atoms with E-state index in [4.69, 9.17) is 5.21 Å². The SMILES string of the molecule is CN1CCN(Cc2ccccc2C(=O)/C=C/c2cccc(/C=C/C(=O)NO)c2)CC1. The molecule has 1 fully saturated rings. The zero-order valence-corrected chi connectivity index (χ0v) is 17.1. The first-order valence-corrected chi connectivity index (χ1v) is 9.98. The van der Waals surface area contributed by atoms with Crippen molar-refractivity contribution in [1.29, 1.82) is 0 Å². The summed E-state index contributed by atoms with van der Waals surface area (Å²) in [5.74, 6) is -0.622. The standard InChI is InChI=1S/C24H27N3O3/c1-26-13-15-27(16-14-26)18-21-7-2-3-8-22(21)23(28)11-9-19-5-4-6-20(17-19)10-12-24(29)25-30/h2-12,17,30H,13-16,18H2,1H3,(H,25,29)/b11-9+,12-10+. The lowest BCUT2D eigenvalue weighted by Crippen LogP contribution is -2.44. The van der Waals surface area contributed by atoms with Crippen LogP contribution in [-0.4, -0.2) is 59.9 Å². The number of nitrogens with one attached hydrogen (secondary N) is 1. The van der Waals surface area contributed by atoms with E-state index in [1.54, 1.807) is 23.7 Å². The van der Waals surface area contributed by atoms with Gasteiger partial charge in [0.15, 0.2) is 5.78 Å². The molecule has 0 aromatic heterocycles. The number of ketones is 1. The van der Waals surface area contributed by atoms with Crippen molar-refractivity contribution in [2.75, 3.05) is 33.2 Å². The van der Waals surface area contributed by atoms with Crippen LogP contribution in [0.2, 0.25) is 0 Å². The van der Waals surface area contributed by atoms with Gasteiger partial charge in [0.2, 0.25) is 0 Å². The summed E-state index contributed by atoms with van der Waals surface area (Å²) in [6.07, 6.45) is 6.20. The van der Waals surface area contributed by atoms with Gasteiger partial charge in [-0.2, -0.15) is 0 Å². The Hall–Kier alpha value is -3.06. The van der Waals surface area contributed by atoms with E-state index in [2.05, 4.69) is 16.8 Å². The number of benzene rings is 2. The van der Waals surface area contributed by atoms with Crippen molar-refractivity contribution >= 4 is 23.8 Å². The molecule has 1 saturated heterocycles.